The largest absolute Gasteiger partial charge is 0.481 e. The first-order valence-corrected chi connectivity index (χ1v) is 23.5. The van der Waals surface area contributed by atoms with Gasteiger partial charge in [0.15, 0.2) is 11.6 Å². The highest BCUT2D eigenvalue weighted by Crippen LogP contribution is 2.54. The number of carbonyl (C=O) groups excluding carboxylic acids is 2. The molecule has 348 valence electrons. The van der Waals surface area contributed by atoms with Gasteiger partial charge in [0.25, 0.3) is 5.91 Å². The summed E-state index contributed by atoms with van der Waals surface area (Å²) in [6.07, 6.45) is 5.96. The molecule has 4 N–H and O–H groups in total. The van der Waals surface area contributed by atoms with Gasteiger partial charge in [0, 0.05) is 35.7 Å². The highest BCUT2D eigenvalue weighted by Gasteiger charge is 2.63. The smallest absolute Gasteiger partial charge is 0.309 e. The molecule has 5 aliphatic heterocycles. The third kappa shape index (κ3) is 9.33. The van der Waals surface area contributed by atoms with Crippen molar-refractivity contribution in [3.8, 4) is 0 Å². The predicted molar refractivity (Wildman–Crippen MR) is 230 cm³/mol. The van der Waals surface area contributed by atoms with Gasteiger partial charge in [0.2, 0.25) is 0 Å². The van der Waals surface area contributed by atoms with Crippen LogP contribution >= 0.6 is 0 Å². The summed E-state index contributed by atoms with van der Waals surface area (Å²) >= 11 is 0. The molecular weight excluding hydrogens is 798 g/mol. The molecule has 4 fully saturated rings. The van der Waals surface area contributed by atoms with E-state index in [9.17, 15) is 34.1 Å². The first-order chi connectivity index (χ1) is 29.2. The lowest BCUT2D eigenvalue weighted by Gasteiger charge is -2.55. The van der Waals surface area contributed by atoms with Crippen LogP contribution in [0.5, 0.6) is 0 Å². The van der Waals surface area contributed by atoms with Gasteiger partial charge < -0.3 is 44.3 Å². The lowest BCUT2D eigenvalue weighted by Crippen LogP contribution is -2.65. The number of rotatable bonds is 14. The number of halogens is 1. The average Bonchev–Trinajstić information content (AvgIpc) is 3.58. The Bertz CT molecular complexity index is 1780. The Hall–Kier alpha value is -2.78. The molecule has 12 nitrogen and oxygen atoms in total. The Morgan fingerprint density at radius 2 is 1.56 bits per heavy atom. The van der Waals surface area contributed by atoms with Crippen molar-refractivity contribution in [2.45, 2.75) is 199 Å². The van der Waals surface area contributed by atoms with Crippen molar-refractivity contribution in [2.24, 2.45) is 41.4 Å². The second kappa shape index (κ2) is 19.0. The molecule has 1 aromatic rings. The molecule has 1 aromatic carbocycles. The molecular formula is C49H74FNO11. The number of hydrogen-bond acceptors (Lipinski definition) is 10. The predicted octanol–water partition coefficient (Wildman–Crippen LogP) is 7.76. The third-order valence-electron chi connectivity index (χ3n) is 15.9. The van der Waals surface area contributed by atoms with Gasteiger partial charge in [-0.2, -0.15) is 0 Å². The molecule has 2 spiro atoms. The molecule has 1 amide bonds. The highest BCUT2D eigenvalue weighted by atomic mass is 19.1. The van der Waals surface area contributed by atoms with Crippen LogP contribution in [0.2, 0.25) is 0 Å². The van der Waals surface area contributed by atoms with Crippen molar-refractivity contribution in [1.29, 1.82) is 0 Å². The molecule has 6 rings (SSSR count). The summed E-state index contributed by atoms with van der Waals surface area (Å²) in [5, 5.41) is 36.0. The highest BCUT2D eigenvalue weighted by molar-refractivity contribution is 5.94. The maximum absolute atomic E-state index is 14.7. The van der Waals surface area contributed by atoms with Crippen molar-refractivity contribution in [3.63, 3.8) is 0 Å². The third-order valence-corrected chi connectivity index (χ3v) is 15.9. The van der Waals surface area contributed by atoms with Gasteiger partial charge in [0.05, 0.1) is 53.7 Å². The SMILES string of the molecule is CC[C@@H](C(=O)[C@@H](C)[C@@H](O)[C@H](C)[C@@H]1O[C@@H]([C@@H](CC)C(=O)O)CC[C@@H]1C)[C@H]1O[C@]2(C=CC(NC(=O)c3ccc(F)cc3)[C@]3(CC[C@@](C)([C@H]4CC[C@](O)(CC)[C@H](C)O4)O3)O2)[C@H](C)C[C@@H]1C. The average molecular weight is 872 g/mol. The molecule has 0 bridgehead atoms. The molecule has 0 radical (unpaired) electrons. The molecule has 0 aliphatic carbocycles. The second-order valence-electron chi connectivity index (χ2n) is 19.9. The van der Waals surface area contributed by atoms with E-state index in [1.54, 1.807) is 6.92 Å². The van der Waals surface area contributed by atoms with E-state index in [0.29, 0.717) is 57.8 Å². The lowest BCUT2D eigenvalue weighted by atomic mass is 9.72. The van der Waals surface area contributed by atoms with Crippen LogP contribution in [0.25, 0.3) is 0 Å². The fourth-order valence-electron chi connectivity index (χ4n) is 11.5. The number of carboxylic acid groups (broad SMARTS) is 1. The summed E-state index contributed by atoms with van der Waals surface area (Å²) in [6, 6.07) is 4.56. The van der Waals surface area contributed by atoms with Gasteiger partial charge in [-0.05, 0) is 114 Å². The standard InChI is InChI=1S/C49H74FNO11/c1-11-35(45(55)56)37-19-14-27(4)42(59-37)31(8)40(52)30(7)41(53)36(12-2)43-28(5)26-29(6)48(60-43)23-20-38(51-44(54)33-15-17-34(50)18-16-33)49(62-48)25-24-46(10,61-49)39-21-22-47(57,13-3)32(9)58-39/h15-18,20,23,27-32,35-40,42-43,52,57H,11-14,19,21-22,24-26H2,1-10H3,(H,51,54)(H,55,56)/t27-,28-,29+,30-,31-,32-,35+,36-,37+,38?,39+,40+,42+,43-,46-,47+,48-,49-/m0/s1. The van der Waals surface area contributed by atoms with Crippen molar-refractivity contribution in [2.75, 3.05) is 0 Å². The molecule has 13 heteroatoms. The molecule has 0 aromatic heterocycles. The van der Waals surface area contributed by atoms with E-state index >= 15 is 0 Å². The number of carbonyl (C=O) groups is 3. The minimum Gasteiger partial charge on any atom is -0.481 e. The number of aliphatic hydroxyl groups is 2. The molecule has 0 saturated carbocycles. The number of hydrogen-bond donors (Lipinski definition) is 4. The van der Waals surface area contributed by atoms with Crippen LogP contribution < -0.4 is 5.32 Å². The van der Waals surface area contributed by atoms with Gasteiger partial charge >= 0.3 is 5.97 Å². The van der Waals surface area contributed by atoms with Gasteiger partial charge in [-0.15, -0.1) is 0 Å². The quantitative estimate of drug-likeness (QED) is 0.135. The minimum atomic E-state index is -1.42. The van der Waals surface area contributed by atoms with Crippen LogP contribution in [-0.4, -0.2) is 98.4 Å². The Morgan fingerprint density at radius 3 is 2.18 bits per heavy atom. The first-order valence-electron chi connectivity index (χ1n) is 23.5. The van der Waals surface area contributed by atoms with Crippen LogP contribution in [0, 0.1) is 47.2 Å². The van der Waals surface area contributed by atoms with Gasteiger partial charge in [-0.1, -0.05) is 61.5 Å². The first kappa shape index (κ1) is 48.7. The van der Waals surface area contributed by atoms with E-state index in [2.05, 4.69) is 26.1 Å². The van der Waals surface area contributed by atoms with Crippen molar-refractivity contribution in [1.82, 2.24) is 5.32 Å². The Balaban J connectivity index is 1.25. The molecule has 62 heavy (non-hydrogen) atoms. The van der Waals surface area contributed by atoms with Gasteiger partial charge in [0.1, 0.15) is 17.6 Å². The van der Waals surface area contributed by atoms with Gasteiger partial charge in [-0.3, -0.25) is 14.4 Å². The molecule has 1 unspecified atom stereocenters. The van der Waals surface area contributed by atoms with Crippen molar-refractivity contribution < 1.29 is 57.8 Å². The summed E-state index contributed by atoms with van der Waals surface area (Å²) in [5.74, 6) is -7.23. The number of ketones is 1. The number of benzene rings is 1. The van der Waals surface area contributed by atoms with E-state index in [-0.39, 0.29) is 35.2 Å². The summed E-state index contributed by atoms with van der Waals surface area (Å²) in [6.45, 7) is 19.5. The van der Waals surface area contributed by atoms with E-state index in [0.717, 1.165) is 6.42 Å². The normalized spacial score (nSPS) is 41.0. The molecule has 4 saturated heterocycles. The number of ether oxygens (including phenoxy) is 5. The Labute approximate surface area is 368 Å². The fourth-order valence-corrected chi connectivity index (χ4v) is 11.5. The molecule has 5 heterocycles. The Morgan fingerprint density at radius 1 is 0.887 bits per heavy atom. The zero-order valence-corrected chi connectivity index (χ0v) is 38.6. The zero-order chi connectivity index (χ0) is 45.5. The van der Waals surface area contributed by atoms with Crippen LogP contribution in [0.1, 0.15) is 144 Å². The number of aliphatic hydroxyl groups excluding tert-OH is 1. The van der Waals surface area contributed by atoms with Crippen LogP contribution in [-0.2, 0) is 33.3 Å². The van der Waals surface area contributed by atoms with Crippen molar-refractivity contribution >= 4 is 17.7 Å². The topological polar surface area (TPSA) is 170 Å². The number of carboxylic acids is 1. The summed E-state index contributed by atoms with van der Waals surface area (Å²) in [4.78, 5) is 40.4. The molecule has 5 aliphatic rings. The second-order valence-corrected chi connectivity index (χ2v) is 19.9. The maximum Gasteiger partial charge on any atom is 0.309 e. The summed E-state index contributed by atoms with van der Waals surface area (Å²) < 4.78 is 48.3. The van der Waals surface area contributed by atoms with E-state index in [1.165, 1.54) is 24.3 Å². The van der Waals surface area contributed by atoms with E-state index < -0.39 is 101 Å². The number of Topliss-reactive ketones (excluding diaryl/α,β-unsaturated/α-hetero) is 1. The fraction of sp³-hybridized carbons (Fsp3) is 0.776. The van der Waals surface area contributed by atoms with Crippen LogP contribution in [0.3, 0.4) is 0 Å². The minimum absolute atomic E-state index is 0.0520. The number of nitrogens with one attached hydrogen (secondary N) is 1. The number of aliphatic carboxylic acids is 1. The lowest BCUT2D eigenvalue weighted by molar-refractivity contribution is -0.397. The summed E-state index contributed by atoms with van der Waals surface area (Å²) in [5.41, 5.74) is -1.52. The summed E-state index contributed by atoms with van der Waals surface area (Å²) in [7, 11) is 0. The maximum atomic E-state index is 14.7. The van der Waals surface area contributed by atoms with Gasteiger partial charge in [-0.25, -0.2) is 4.39 Å². The number of amides is 1. The van der Waals surface area contributed by atoms with E-state index in [4.69, 9.17) is 23.7 Å². The van der Waals surface area contributed by atoms with E-state index in [1.807, 2.05) is 53.7 Å². The van der Waals surface area contributed by atoms with Crippen LogP contribution in [0.15, 0.2) is 36.4 Å². The van der Waals surface area contributed by atoms with Crippen molar-refractivity contribution in [3.05, 3.63) is 47.8 Å². The molecule has 18 atom stereocenters. The zero-order valence-electron chi connectivity index (χ0n) is 38.6. The van der Waals surface area contributed by atoms with Crippen LogP contribution in [0.4, 0.5) is 4.39 Å². The Kier molecular flexibility index (Phi) is 14.9. The monoisotopic (exact) mass is 872 g/mol.